The van der Waals surface area contributed by atoms with Crippen molar-refractivity contribution in [2.24, 2.45) is 0 Å². The van der Waals surface area contributed by atoms with Gasteiger partial charge in [-0.3, -0.25) is 0 Å². The van der Waals surface area contributed by atoms with Crippen molar-refractivity contribution in [2.45, 2.75) is 77.0 Å². The highest BCUT2D eigenvalue weighted by atomic mass is 16.5. The van der Waals surface area contributed by atoms with Gasteiger partial charge in [0, 0.05) is 25.2 Å². The number of hydrogen-bond acceptors (Lipinski definition) is 3. The van der Waals surface area contributed by atoms with E-state index in [-0.39, 0.29) is 0 Å². The SMILES string of the molecule is CCCC1CC(NC(C)CN2CCCCC2)CCO1. The van der Waals surface area contributed by atoms with Gasteiger partial charge in [-0.1, -0.05) is 19.8 Å². The molecule has 2 rings (SSSR count). The number of ether oxygens (including phenoxy) is 1. The predicted molar refractivity (Wildman–Crippen MR) is 80.6 cm³/mol. The van der Waals surface area contributed by atoms with Gasteiger partial charge in [0.25, 0.3) is 0 Å². The van der Waals surface area contributed by atoms with Crippen molar-refractivity contribution in [1.29, 1.82) is 0 Å². The van der Waals surface area contributed by atoms with Gasteiger partial charge < -0.3 is 15.0 Å². The zero-order valence-electron chi connectivity index (χ0n) is 12.9. The van der Waals surface area contributed by atoms with E-state index in [9.17, 15) is 0 Å². The Morgan fingerprint density at radius 1 is 1.26 bits per heavy atom. The molecular weight excluding hydrogens is 236 g/mol. The van der Waals surface area contributed by atoms with E-state index < -0.39 is 0 Å². The van der Waals surface area contributed by atoms with Crippen molar-refractivity contribution in [3.05, 3.63) is 0 Å². The van der Waals surface area contributed by atoms with Gasteiger partial charge >= 0.3 is 0 Å². The van der Waals surface area contributed by atoms with Crippen molar-refractivity contribution in [3.8, 4) is 0 Å². The summed E-state index contributed by atoms with van der Waals surface area (Å²) >= 11 is 0. The van der Waals surface area contributed by atoms with Crippen LogP contribution in [0.2, 0.25) is 0 Å². The number of nitrogens with one attached hydrogen (secondary N) is 1. The molecule has 0 saturated carbocycles. The summed E-state index contributed by atoms with van der Waals surface area (Å²) in [6.45, 7) is 9.36. The Morgan fingerprint density at radius 3 is 2.79 bits per heavy atom. The molecule has 3 nitrogen and oxygen atoms in total. The number of rotatable bonds is 6. The summed E-state index contributed by atoms with van der Waals surface area (Å²) in [4.78, 5) is 2.63. The maximum Gasteiger partial charge on any atom is 0.0589 e. The number of nitrogens with zero attached hydrogens (tertiary/aromatic N) is 1. The van der Waals surface area contributed by atoms with Gasteiger partial charge in [0.15, 0.2) is 0 Å². The molecule has 2 saturated heterocycles. The maximum atomic E-state index is 5.83. The second kappa shape index (κ2) is 8.23. The number of likely N-dealkylation sites (tertiary alicyclic amines) is 1. The van der Waals surface area contributed by atoms with E-state index in [2.05, 4.69) is 24.1 Å². The first-order chi connectivity index (χ1) is 9.28. The first kappa shape index (κ1) is 15.3. The normalized spacial score (nSPS) is 31.3. The molecule has 0 bridgehead atoms. The average molecular weight is 268 g/mol. The quantitative estimate of drug-likeness (QED) is 0.801. The lowest BCUT2D eigenvalue weighted by molar-refractivity contribution is -0.00543. The van der Waals surface area contributed by atoms with Crippen molar-refractivity contribution >= 4 is 0 Å². The van der Waals surface area contributed by atoms with E-state index in [4.69, 9.17) is 4.74 Å². The molecule has 0 amide bonds. The monoisotopic (exact) mass is 268 g/mol. The molecule has 3 atom stereocenters. The molecule has 0 spiro atoms. The van der Waals surface area contributed by atoms with Gasteiger partial charge in [0.1, 0.15) is 0 Å². The Bertz CT molecular complexity index is 239. The molecule has 3 unspecified atom stereocenters. The van der Waals surface area contributed by atoms with Crippen molar-refractivity contribution in [3.63, 3.8) is 0 Å². The standard InChI is InChI=1S/C16H32N2O/c1-3-7-16-12-15(8-11-19-16)17-14(2)13-18-9-5-4-6-10-18/h14-17H,3-13H2,1-2H3. The third-order valence-electron chi connectivity index (χ3n) is 4.48. The lowest BCUT2D eigenvalue weighted by atomic mass is 9.99. The highest BCUT2D eigenvalue weighted by Gasteiger charge is 2.23. The van der Waals surface area contributed by atoms with E-state index in [1.165, 1.54) is 64.6 Å². The molecule has 0 radical (unpaired) electrons. The van der Waals surface area contributed by atoms with Crippen LogP contribution in [0.5, 0.6) is 0 Å². The fraction of sp³-hybridized carbons (Fsp3) is 1.00. The van der Waals surface area contributed by atoms with Gasteiger partial charge in [0.2, 0.25) is 0 Å². The van der Waals surface area contributed by atoms with Crippen LogP contribution in [0.25, 0.3) is 0 Å². The highest BCUT2D eigenvalue weighted by Crippen LogP contribution is 2.18. The zero-order chi connectivity index (χ0) is 13.5. The number of hydrogen-bond donors (Lipinski definition) is 1. The summed E-state index contributed by atoms with van der Waals surface area (Å²) in [6, 6.07) is 1.29. The van der Waals surface area contributed by atoms with Gasteiger partial charge in [-0.15, -0.1) is 0 Å². The Kier molecular flexibility index (Phi) is 6.62. The molecule has 2 aliphatic heterocycles. The van der Waals surface area contributed by atoms with E-state index in [0.717, 1.165) is 6.61 Å². The predicted octanol–water partition coefficient (Wildman–Crippen LogP) is 2.80. The molecule has 1 N–H and O–H groups in total. The minimum Gasteiger partial charge on any atom is -0.378 e. The average Bonchev–Trinajstić information content (AvgIpc) is 2.40. The second-order valence-corrected chi connectivity index (χ2v) is 6.43. The minimum absolute atomic E-state index is 0.499. The van der Waals surface area contributed by atoms with Crippen LogP contribution < -0.4 is 5.32 Å². The van der Waals surface area contributed by atoms with Crippen LogP contribution >= 0.6 is 0 Å². The van der Waals surface area contributed by atoms with Gasteiger partial charge in [0.05, 0.1) is 6.10 Å². The van der Waals surface area contributed by atoms with Crippen LogP contribution in [-0.2, 0) is 4.74 Å². The van der Waals surface area contributed by atoms with Crippen LogP contribution in [0.1, 0.15) is 58.8 Å². The van der Waals surface area contributed by atoms with E-state index >= 15 is 0 Å². The fourth-order valence-electron chi connectivity index (χ4n) is 3.54. The zero-order valence-corrected chi connectivity index (χ0v) is 12.9. The molecule has 2 aliphatic rings. The van der Waals surface area contributed by atoms with Gasteiger partial charge in [-0.05, 0) is 52.1 Å². The van der Waals surface area contributed by atoms with Crippen LogP contribution in [0.3, 0.4) is 0 Å². The van der Waals surface area contributed by atoms with E-state index in [0.29, 0.717) is 18.2 Å². The third-order valence-corrected chi connectivity index (χ3v) is 4.48. The maximum absolute atomic E-state index is 5.83. The summed E-state index contributed by atoms with van der Waals surface area (Å²) in [5.41, 5.74) is 0. The summed E-state index contributed by atoms with van der Waals surface area (Å²) in [5.74, 6) is 0. The smallest absolute Gasteiger partial charge is 0.0589 e. The summed E-state index contributed by atoms with van der Waals surface area (Å²) in [6.07, 6.45) is 9.56. The Labute approximate surface area is 119 Å². The topological polar surface area (TPSA) is 24.5 Å². The largest absolute Gasteiger partial charge is 0.378 e. The molecule has 0 aromatic carbocycles. The Balaban J connectivity index is 1.67. The van der Waals surface area contributed by atoms with Crippen molar-refractivity contribution < 1.29 is 4.74 Å². The molecule has 0 aromatic heterocycles. The summed E-state index contributed by atoms with van der Waals surface area (Å²) in [7, 11) is 0. The molecular formula is C16H32N2O. The van der Waals surface area contributed by atoms with Crippen LogP contribution in [-0.4, -0.2) is 49.3 Å². The summed E-state index contributed by atoms with van der Waals surface area (Å²) < 4.78 is 5.83. The van der Waals surface area contributed by atoms with Gasteiger partial charge in [-0.2, -0.15) is 0 Å². The van der Waals surface area contributed by atoms with Crippen molar-refractivity contribution in [1.82, 2.24) is 10.2 Å². The molecule has 0 aromatic rings. The molecule has 112 valence electrons. The van der Waals surface area contributed by atoms with Crippen LogP contribution in [0.15, 0.2) is 0 Å². The number of piperidine rings is 1. The fourth-order valence-corrected chi connectivity index (χ4v) is 3.54. The lowest BCUT2D eigenvalue weighted by Gasteiger charge is -2.34. The molecule has 2 fully saturated rings. The molecule has 0 aliphatic carbocycles. The third kappa shape index (κ3) is 5.41. The lowest BCUT2D eigenvalue weighted by Crippen LogP contribution is -2.48. The first-order valence-electron chi connectivity index (χ1n) is 8.38. The van der Waals surface area contributed by atoms with Crippen LogP contribution in [0.4, 0.5) is 0 Å². The Hall–Kier alpha value is -0.120. The van der Waals surface area contributed by atoms with E-state index in [1.807, 2.05) is 0 Å². The highest BCUT2D eigenvalue weighted by molar-refractivity contribution is 4.81. The molecule has 2 heterocycles. The minimum atomic E-state index is 0.499. The van der Waals surface area contributed by atoms with Crippen LogP contribution in [0, 0.1) is 0 Å². The van der Waals surface area contributed by atoms with Crippen molar-refractivity contribution in [2.75, 3.05) is 26.2 Å². The summed E-state index contributed by atoms with van der Waals surface area (Å²) in [5, 5.41) is 3.83. The molecule has 3 heteroatoms. The first-order valence-corrected chi connectivity index (χ1v) is 8.38. The van der Waals surface area contributed by atoms with Gasteiger partial charge in [-0.25, -0.2) is 0 Å². The molecule has 19 heavy (non-hydrogen) atoms. The second-order valence-electron chi connectivity index (χ2n) is 6.43. The Morgan fingerprint density at radius 2 is 2.05 bits per heavy atom. The van der Waals surface area contributed by atoms with E-state index in [1.54, 1.807) is 0 Å².